The van der Waals surface area contributed by atoms with Crippen LogP contribution >= 0.6 is 22.9 Å². The standard InChI is InChI=1S/C28H22ClN3O4S/c1-16-5-3-6-18(13-16)15-36-22-11-9-19(10-12-22)25(33)23-24(20-7-4-8-21(29)14-20)32(27(35)26(23)34)28-31-30-17(2)37-28/h3-14,24,33H,15H2,1-2H3/b25-23+. The van der Waals surface area contributed by atoms with Crippen molar-refractivity contribution in [2.75, 3.05) is 4.90 Å². The number of aryl methyl sites for hydroxylation is 2. The third-order valence-corrected chi connectivity index (χ3v) is 7.02. The van der Waals surface area contributed by atoms with Gasteiger partial charge < -0.3 is 9.84 Å². The molecule has 0 aliphatic carbocycles. The molecule has 0 radical (unpaired) electrons. The summed E-state index contributed by atoms with van der Waals surface area (Å²) in [6, 6.07) is 20.7. The molecular weight excluding hydrogens is 510 g/mol. The van der Waals surface area contributed by atoms with Crippen LogP contribution in [0.25, 0.3) is 5.76 Å². The Bertz CT molecular complexity index is 1530. The van der Waals surface area contributed by atoms with E-state index in [-0.39, 0.29) is 16.5 Å². The lowest BCUT2D eigenvalue weighted by molar-refractivity contribution is -0.132. The molecule has 0 saturated carbocycles. The summed E-state index contributed by atoms with van der Waals surface area (Å²) in [5, 5.41) is 20.7. The Morgan fingerprint density at radius 2 is 1.78 bits per heavy atom. The largest absolute Gasteiger partial charge is 0.507 e. The van der Waals surface area contributed by atoms with Gasteiger partial charge in [0.2, 0.25) is 5.13 Å². The number of carbonyl (C=O) groups excluding carboxylic acids is 2. The van der Waals surface area contributed by atoms with Crippen molar-refractivity contribution in [2.24, 2.45) is 0 Å². The summed E-state index contributed by atoms with van der Waals surface area (Å²) in [5.41, 5.74) is 3.09. The van der Waals surface area contributed by atoms with E-state index in [0.717, 1.165) is 11.1 Å². The zero-order chi connectivity index (χ0) is 26.1. The van der Waals surface area contributed by atoms with Crippen LogP contribution in [0.3, 0.4) is 0 Å². The lowest BCUT2D eigenvalue weighted by Gasteiger charge is -2.22. The quantitative estimate of drug-likeness (QED) is 0.186. The number of carbonyl (C=O) groups is 2. The number of aliphatic hydroxyl groups is 1. The zero-order valence-electron chi connectivity index (χ0n) is 20.0. The second-order valence-electron chi connectivity index (χ2n) is 8.63. The Morgan fingerprint density at radius 1 is 1.03 bits per heavy atom. The van der Waals surface area contributed by atoms with Gasteiger partial charge in [-0.15, -0.1) is 10.2 Å². The van der Waals surface area contributed by atoms with Gasteiger partial charge in [-0.3, -0.25) is 14.5 Å². The van der Waals surface area contributed by atoms with Crippen molar-refractivity contribution in [1.82, 2.24) is 10.2 Å². The number of ether oxygens (including phenoxy) is 1. The van der Waals surface area contributed by atoms with E-state index in [9.17, 15) is 14.7 Å². The highest BCUT2D eigenvalue weighted by Crippen LogP contribution is 2.43. The highest BCUT2D eigenvalue weighted by atomic mass is 35.5. The maximum Gasteiger partial charge on any atom is 0.301 e. The smallest absolute Gasteiger partial charge is 0.301 e. The van der Waals surface area contributed by atoms with E-state index in [4.69, 9.17) is 16.3 Å². The Hall–Kier alpha value is -4.01. The van der Waals surface area contributed by atoms with Gasteiger partial charge in [-0.05, 0) is 61.4 Å². The van der Waals surface area contributed by atoms with Gasteiger partial charge in [0.05, 0.1) is 11.6 Å². The van der Waals surface area contributed by atoms with Gasteiger partial charge >= 0.3 is 5.91 Å². The predicted molar refractivity (Wildman–Crippen MR) is 143 cm³/mol. The van der Waals surface area contributed by atoms with Crippen molar-refractivity contribution < 1.29 is 19.4 Å². The van der Waals surface area contributed by atoms with Crippen LogP contribution in [0.2, 0.25) is 5.02 Å². The molecule has 1 aromatic heterocycles. The van der Waals surface area contributed by atoms with E-state index in [0.29, 0.717) is 33.5 Å². The number of halogens is 1. The molecule has 3 aromatic carbocycles. The molecule has 1 unspecified atom stereocenters. The number of ketones is 1. The minimum absolute atomic E-state index is 0.0476. The highest BCUT2D eigenvalue weighted by molar-refractivity contribution is 7.15. The number of Topliss-reactive ketones (excluding diaryl/α,β-unsaturated/α-hetero) is 1. The third-order valence-electron chi connectivity index (χ3n) is 5.95. The average molecular weight is 532 g/mol. The van der Waals surface area contributed by atoms with Crippen LogP contribution in [0.4, 0.5) is 5.13 Å². The molecule has 1 fully saturated rings. The topological polar surface area (TPSA) is 92.6 Å². The average Bonchev–Trinajstić information content (AvgIpc) is 3.43. The van der Waals surface area contributed by atoms with Crippen molar-refractivity contribution in [1.29, 1.82) is 0 Å². The molecule has 4 aromatic rings. The molecule has 1 saturated heterocycles. The summed E-state index contributed by atoms with van der Waals surface area (Å²) in [5.74, 6) is -1.29. The van der Waals surface area contributed by atoms with Crippen LogP contribution in [-0.4, -0.2) is 27.0 Å². The summed E-state index contributed by atoms with van der Waals surface area (Å²) in [6.45, 7) is 4.18. The number of aliphatic hydroxyl groups excluding tert-OH is 1. The van der Waals surface area contributed by atoms with Crippen LogP contribution in [0.1, 0.15) is 33.3 Å². The molecule has 1 aliphatic heterocycles. The lowest BCUT2D eigenvalue weighted by atomic mass is 9.95. The number of benzene rings is 3. The van der Waals surface area contributed by atoms with Crippen LogP contribution < -0.4 is 9.64 Å². The summed E-state index contributed by atoms with van der Waals surface area (Å²) in [4.78, 5) is 27.6. The first-order chi connectivity index (χ1) is 17.8. The number of aromatic nitrogens is 2. The van der Waals surface area contributed by atoms with Gasteiger partial charge in [-0.2, -0.15) is 0 Å². The molecule has 1 amide bonds. The van der Waals surface area contributed by atoms with Crippen molar-refractivity contribution >= 4 is 45.5 Å². The second-order valence-corrected chi connectivity index (χ2v) is 10.2. The molecule has 2 heterocycles. The van der Waals surface area contributed by atoms with E-state index in [1.165, 1.54) is 16.2 Å². The molecule has 1 aliphatic rings. The fourth-order valence-corrected chi connectivity index (χ4v) is 5.15. The van der Waals surface area contributed by atoms with Gasteiger partial charge in [0.25, 0.3) is 5.78 Å². The fourth-order valence-electron chi connectivity index (χ4n) is 4.24. The number of hydrogen-bond donors (Lipinski definition) is 1. The fraction of sp³-hybridized carbons (Fsp3) is 0.143. The molecule has 5 rings (SSSR count). The first kappa shape index (κ1) is 24.7. The predicted octanol–water partition coefficient (Wildman–Crippen LogP) is 6.01. The van der Waals surface area contributed by atoms with Crippen LogP contribution in [-0.2, 0) is 16.2 Å². The summed E-state index contributed by atoms with van der Waals surface area (Å²) >= 11 is 7.42. The van der Waals surface area contributed by atoms with E-state index in [1.807, 2.05) is 25.1 Å². The molecule has 0 spiro atoms. The monoisotopic (exact) mass is 531 g/mol. The minimum atomic E-state index is -0.914. The first-order valence-electron chi connectivity index (χ1n) is 11.5. The SMILES string of the molecule is Cc1cccc(COc2ccc(/C(O)=C3\C(=O)C(=O)N(c4nnc(C)s4)C3c3cccc(Cl)c3)cc2)c1. The summed E-state index contributed by atoms with van der Waals surface area (Å²) < 4.78 is 5.87. The van der Waals surface area contributed by atoms with Gasteiger partial charge in [0.1, 0.15) is 23.1 Å². The van der Waals surface area contributed by atoms with E-state index in [2.05, 4.69) is 16.3 Å². The van der Waals surface area contributed by atoms with Crippen LogP contribution in [0, 0.1) is 13.8 Å². The Morgan fingerprint density at radius 3 is 2.46 bits per heavy atom. The second kappa shape index (κ2) is 10.2. The number of hydrogen-bond acceptors (Lipinski definition) is 7. The van der Waals surface area contributed by atoms with Gasteiger partial charge in [0, 0.05) is 10.6 Å². The van der Waals surface area contributed by atoms with Crippen molar-refractivity contribution in [2.45, 2.75) is 26.5 Å². The molecule has 0 bridgehead atoms. The van der Waals surface area contributed by atoms with Gasteiger partial charge in [-0.25, -0.2) is 0 Å². The third kappa shape index (κ3) is 4.98. The Labute approximate surface area is 222 Å². The molecule has 1 atom stereocenters. The summed E-state index contributed by atoms with van der Waals surface area (Å²) in [7, 11) is 0. The molecule has 9 heteroatoms. The summed E-state index contributed by atoms with van der Waals surface area (Å²) in [6.07, 6.45) is 0. The van der Waals surface area contributed by atoms with Crippen LogP contribution in [0.5, 0.6) is 5.75 Å². The van der Waals surface area contributed by atoms with Crippen LogP contribution in [0.15, 0.2) is 78.4 Å². The zero-order valence-corrected chi connectivity index (χ0v) is 21.6. The number of anilines is 1. The van der Waals surface area contributed by atoms with E-state index >= 15 is 0 Å². The lowest BCUT2D eigenvalue weighted by Crippen LogP contribution is -2.29. The molecule has 186 valence electrons. The molecule has 1 N–H and O–H groups in total. The first-order valence-corrected chi connectivity index (χ1v) is 12.7. The van der Waals surface area contributed by atoms with Gasteiger partial charge in [0.15, 0.2) is 0 Å². The van der Waals surface area contributed by atoms with E-state index in [1.54, 1.807) is 55.5 Å². The van der Waals surface area contributed by atoms with Gasteiger partial charge in [-0.1, -0.05) is 64.9 Å². The Kier molecular flexibility index (Phi) is 6.78. The van der Waals surface area contributed by atoms with Crippen molar-refractivity contribution in [3.8, 4) is 5.75 Å². The molecule has 37 heavy (non-hydrogen) atoms. The minimum Gasteiger partial charge on any atom is -0.507 e. The molecular formula is C28H22ClN3O4S. The number of rotatable bonds is 6. The van der Waals surface area contributed by atoms with Crippen molar-refractivity contribution in [3.63, 3.8) is 0 Å². The molecule has 7 nitrogen and oxygen atoms in total. The van der Waals surface area contributed by atoms with E-state index < -0.39 is 17.7 Å². The number of nitrogens with zero attached hydrogens (tertiary/aromatic N) is 3. The normalized spacial score (nSPS) is 16.8. The highest BCUT2D eigenvalue weighted by Gasteiger charge is 2.48. The maximum atomic E-state index is 13.2. The maximum absolute atomic E-state index is 13.2. The number of amides is 1. The van der Waals surface area contributed by atoms with Crippen molar-refractivity contribution in [3.05, 3.63) is 111 Å². The Balaban J connectivity index is 1.50.